The van der Waals surface area contributed by atoms with Gasteiger partial charge in [0.05, 0.1) is 12.6 Å². The molecule has 0 spiro atoms. The number of furan rings is 1. The Labute approximate surface area is 112 Å². The van der Waals surface area contributed by atoms with E-state index in [0.29, 0.717) is 12.3 Å². The van der Waals surface area contributed by atoms with Crippen LogP contribution in [0.5, 0.6) is 0 Å². The van der Waals surface area contributed by atoms with E-state index >= 15 is 0 Å². The summed E-state index contributed by atoms with van der Waals surface area (Å²) in [6, 6.07) is 8.86. The Balaban J connectivity index is 2.04. The van der Waals surface area contributed by atoms with Gasteiger partial charge in [-0.25, -0.2) is 0 Å². The molecule has 0 bridgehead atoms. The molecule has 18 heavy (non-hydrogen) atoms. The van der Waals surface area contributed by atoms with Crippen molar-refractivity contribution < 1.29 is 9.34 Å². The zero-order valence-corrected chi connectivity index (χ0v) is 11.2. The van der Waals surface area contributed by atoms with Gasteiger partial charge in [-0.2, -0.15) is 0 Å². The van der Waals surface area contributed by atoms with Crippen LogP contribution in [0.3, 0.4) is 0 Å². The number of anilines is 1. The van der Waals surface area contributed by atoms with Crippen molar-refractivity contribution in [2.24, 2.45) is 0 Å². The van der Waals surface area contributed by atoms with Gasteiger partial charge < -0.3 is 9.73 Å². The fraction of sp³-hybridized carbons (Fsp3) is 0.167. The first-order valence-corrected chi connectivity index (χ1v) is 6.08. The normalized spacial score (nSPS) is 10.3. The molecule has 0 saturated heterocycles. The largest absolute Gasteiger partial charge is 0.433 e. The first kappa shape index (κ1) is 12.6. The second-order valence-electron chi connectivity index (χ2n) is 3.83. The third-order valence-corrected chi connectivity index (χ3v) is 3.06. The summed E-state index contributed by atoms with van der Waals surface area (Å²) in [4.78, 5) is 9.91. The van der Waals surface area contributed by atoms with E-state index in [1.807, 2.05) is 25.1 Å². The zero-order valence-electron chi connectivity index (χ0n) is 9.64. The Morgan fingerprint density at radius 1 is 1.39 bits per heavy atom. The standard InChI is InChI=1S/C12H11BrN2O3/c1-8-2-4-11(10(13)6-8)14-7-9-3-5-12(18-9)15(16)17/h2-6,14H,7H2,1H3. The molecule has 1 aromatic heterocycles. The van der Waals surface area contributed by atoms with E-state index in [1.165, 1.54) is 6.07 Å². The van der Waals surface area contributed by atoms with Gasteiger partial charge in [-0.05, 0) is 46.6 Å². The summed E-state index contributed by atoms with van der Waals surface area (Å²) in [5.41, 5.74) is 2.07. The van der Waals surface area contributed by atoms with Crippen molar-refractivity contribution in [2.75, 3.05) is 5.32 Å². The van der Waals surface area contributed by atoms with Gasteiger partial charge in [-0.3, -0.25) is 10.1 Å². The number of hydrogen-bond donors (Lipinski definition) is 1. The van der Waals surface area contributed by atoms with Gasteiger partial charge in [0.1, 0.15) is 10.7 Å². The Bertz CT molecular complexity index is 580. The predicted molar refractivity (Wildman–Crippen MR) is 71.6 cm³/mol. The van der Waals surface area contributed by atoms with Crippen molar-refractivity contribution in [3.05, 3.63) is 56.2 Å². The van der Waals surface area contributed by atoms with Crippen LogP contribution < -0.4 is 5.32 Å². The van der Waals surface area contributed by atoms with Gasteiger partial charge in [-0.15, -0.1) is 0 Å². The van der Waals surface area contributed by atoms with E-state index in [9.17, 15) is 10.1 Å². The molecule has 0 fully saturated rings. The summed E-state index contributed by atoms with van der Waals surface area (Å²) in [6.07, 6.45) is 0. The number of halogens is 1. The van der Waals surface area contributed by atoms with Crippen LogP contribution in [0.2, 0.25) is 0 Å². The van der Waals surface area contributed by atoms with Gasteiger partial charge in [0.2, 0.25) is 0 Å². The summed E-state index contributed by atoms with van der Waals surface area (Å²) < 4.78 is 6.00. The Morgan fingerprint density at radius 2 is 2.17 bits per heavy atom. The highest BCUT2D eigenvalue weighted by atomic mass is 79.9. The second-order valence-corrected chi connectivity index (χ2v) is 4.69. The van der Waals surface area contributed by atoms with E-state index in [4.69, 9.17) is 4.42 Å². The predicted octanol–water partition coefficient (Wildman–Crippen LogP) is 3.87. The van der Waals surface area contributed by atoms with E-state index in [1.54, 1.807) is 6.07 Å². The zero-order chi connectivity index (χ0) is 13.1. The molecular weight excluding hydrogens is 300 g/mol. The molecule has 0 aliphatic heterocycles. The van der Waals surface area contributed by atoms with Crippen molar-refractivity contribution in [3.8, 4) is 0 Å². The average Bonchev–Trinajstić information content (AvgIpc) is 2.76. The third kappa shape index (κ3) is 2.89. The summed E-state index contributed by atoms with van der Waals surface area (Å²) in [5.74, 6) is 0.281. The smallest absolute Gasteiger partial charge is 0.404 e. The number of nitro groups is 1. The van der Waals surface area contributed by atoms with Crippen molar-refractivity contribution in [3.63, 3.8) is 0 Å². The Kier molecular flexibility index (Phi) is 3.66. The van der Waals surface area contributed by atoms with Gasteiger partial charge in [0.15, 0.2) is 0 Å². The van der Waals surface area contributed by atoms with Crippen LogP contribution in [-0.2, 0) is 6.54 Å². The number of aryl methyl sites for hydroxylation is 1. The summed E-state index contributed by atoms with van der Waals surface area (Å²) in [5, 5.41) is 13.6. The van der Waals surface area contributed by atoms with E-state index in [0.717, 1.165) is 15.7 Å². The maximum absolute atomic E-state index is 10.5. The van der Waals surface area contributed by atoms with Crippen molar-refractivity contribution >= 4 is 27.5 Å². The molecule has 0 unspecified atom stereocenters. The van der Waals surface area contributed by atoms with Crippen molar-refractivity contribution in [1.29, 1.82) is 0 Å². The van der Waals surface area contributed by atoms with Crippen LogP contribution in [0, 0.1) is 17.0 Å². The molecule has 6 heteroatoms. The second kappa shape index (κ2) is 5.22. The molecule has 0 radical (unpaired) electrons. The highest BCUT2D eigenvalue weighted by Gasteiger charge is 2.11. The van der Waals surface area contributed by atoms with Gasteiger partial charge in [0.25, 0.3) is 0 Å². The van der Waals surface area contributed by atoms with Crippen LogP contribution in [0.25, 0.3) is 0 Å². The molecule has 0 amide bonds. The fourth-order valence-electron chi connectivity index (χ4n) is 1.51. The molecule has 0 atom stereocenters. The molecule has 1 heterocycles. The highest BCUT2D eigenvalue weighted by molar-refractivity contribution is 9.10. The lowest BCUT2D eigenvalue weighted by Crippen LogP contribution is -1.99. The monoisotopic (exact) mass is 310 g/mol. The molecular formula is C12H11BrN2O3. The summed E-state index contributed by atoms with van der Waals surface area (Å²) in [6.45, 7) is 2.40. The number of hydrogen-bond acceptors (Lipinski definition) is 4. The van der Waals surface area contributed by atoms with Crippen molar-refractivity contribution in [2.45, 2.75) is 13.5 Å². The number of nitrogens with zero attached hydrogens (tertiary/aromatic N) is 1. The maximum atomic E-state index is 10.5. The van der Waals surface area contributed by atoms with E-state index in [-0.39, 0.29) is 5.88 Å². The minimum atomic E-state index is -0.550. The number of rotatable bonds is 4. The van der Waals surface area contributed by atoms with Crippen LogP contribution >= 0.6 is 15.9 Å². The minimum Gasteiger partial charge on any atom is -0.404 e. The van der Waals surface area contributed by atoms with Crippen LogP contribution in [-0.4, -0.2) is 4.92 Å². The molecule has 2 aromatic rings. The van der Waals surface area contributed by atoms with Crippen LogP contribution in [0.15, 0.2) is 39.2 Å². The topological polar surface area (TPSA) is 68.3 Å². The summed E-state index contributed by atoms with van der Waals surface area (Å²) in [7, 11) is 0. The van der Waals surface area contributed by atoms with E-state index in [2.05, 4.69) is 21.2 Å². The lowest BCUT2D eigenvalue weighted by atomic mass is 10.2. The Hall–Kier alpha value is -1.82. The fourth-order valence-corrected chi connectivity index (χ4v) is 2.14. The average molecular weight is 311 g/mol. The number of nitrogens with one attached hydrogen (secondary N) is 1. The highest BCUT2D eigenvalue weighted by Crippen LogP contribution is 2.24. The quantitative estimate of drug-likeness (QED) is 0.687. The Morgan fingerprint density at radius 3 is 2.78 bits per heavy atom. The van der Waals surface area contributed by atoms with Gasteiger partial charge in [0, 0.05) is 10.2 Å². The molecule has 0 aliphatic rings. The summed E-state index contributed by atoms with van der Waals surface area (Å²) >= 11 is 3.45. The van der Waals surface area contributed by atoms with Gasteiger partial charge >= 0.3 is 5.88 Å². The lowest BCUT2D eigenvalue weighted by molar-refractivity contribution is -0.402. The molecule has 2 rings (SSSR count). The molecule has 94 valence electrons. The third-order valence-electron chi connectivity index (χ3n) is 2.41. The molecule has 0 saturated carbocycles. The first-order chi connectivity index (χ1) is 8.56. The molecule has 0 aliphatic carbocycles. The first-order valence-electron chi connectivity index (χ1n) is 5.29. The molecule has 1 aromatic carbocycles. The number of benzene rings is 1. The van der Waals surface area contributed by atoms with E-state index < -0.39 is 4.92 Å². The van der Waals surface area contributed by atoms with Crippen LogP contribution in [0.1, 0.15) is 11.3 Å². The van der Waals surface area contributed by atoms with Crippen molar-refractivity contribution in [1.82, 2.24) is 0 Å². The lowest BCUT2D eigenvalue weighted by Gasteiger charge is -2.07. The van der Waals surface area contributed by atoms with Gasteiger partial charge in [-0.1, -0.05) is 6.07 Å². The maximum Gasteiger partial charge on any atom is 0.433 e. The molecule has 1 N–H and O–H groups in total. The SMILES string of the molecule is Cc1ccc(NCc2ccc([N+](=O)[O-])o2)c(Br)c1. The van der Waals surface area contributed by atoms with Crippen LogP contribution in [0.4, 0.5) is 11.6 Å². The minimum absolute atomic E-state index is 0.241. The molecule has 5 nitrogen and oxygen atoms in total.